The molecular weight excluding hydrogens is 527 g/mol. The lowest BCUT2D eigenvalue weighted by Gasteiger charge is -2.13. The summed E-state index contributed by atoms with van der Waals surface area (Å²) in [6.45, 7) is 1.44. The highest BCUT2D eigenvalue weighted by Crippen LogP contribution is 2.34. The van der Waals surface area contributed by atoms with Gasteiger partial charge >= 0.3 is 0 Å². The van der Waals surface area contributed by atoms with E-state index >= 15 is 0 Å². The molecule has 0 unspecified atom stereocenters. The minimum atomic E-state index is -0.361. The Balaban J connectivity index is 1.24. The summed E-state index contributed by atoms with van der Waals surface area (Å²) in [5.41, 5.74) is 1.89. The minimum Gasteiger partial charge on any atom is -0.492 e. The second-order valence-corrected chi connectivity index (χ2v) is 9.96. The van der Waals surface area contributed by atoms with Gasteiger partial charge in [-0.25, -0.2) is 4.39 Å². The molecule has 2 heterocycles. The third-order valence-corrected chi connectivity index (χ3v) is 7.23. The van der Waals surface area contributed by atoms with Crippen molar-refractivity contribution in [2.75, 3.05) is 19.8 Å². The maximum absolute atomic E-state index is 13.1. The van der Waals surface area contributed by atoms with Gasteiger partial charge in [0.15, 0.2) is 0 Å². The van der Waals surface area contributed by atoms with Crippen molar-refractivity contribution in [3.8, 4) is 11.5 Å². The number of imide groups is 1. The van der Waals surface area contributed by atoms with Crippen LogP contribution in [-0.4, -0.2) is 40.4 Å². The Morgan fingerprint density at radius 1 is 0.895 bits per heavy atom. The van der Waals surface area contributed by atoms with Crippen LogP contribution in [-0.2, 0) is 11.3 Å². The van der Waals surface area contributed by atoms with E-state index in [-0.39, 0.29) is 30.1 Å². The SMILES string of the molecule is O=C1S/C(=C\c2cn(CCCOc3ccccc3Cl)c3ccccc23)C(=O)N1CCOc1ccc(F)cc1. The monoisotopic (exact) mass is 550 g/mol. The van der Waals surface area contributed by atoms with Crippen molar-refractivity contribution in [3.05, 3.63) is 100 Å². The molecule has 0 bridgehead atoms. The summed E-state index contributed by atoms with van der Waals surface area (Å²) in [6, 6.07) is 20.9. The number of hydrogen-bond acceptors (Lipinski definition) is 5. The van der Waals surface area contributed by atoms with E-state index in [1.54, 1.807) is 12.1 Å². The smallest absolute Gasteiger partial charge is 0.293 e. The van der Waals surface area contributed by atoms with Gasteiger partial charge in [0.1, 0.15) is 23.9 Å². The molecule has 9 heteroatoms. The molecule has 0 saturated carbocycles. The fraction of sp³-hybridized carbons (Fsp3) is 0.172. The number of aryl methyl sites for hydroxylation is 1. The van der Waals surface area contributed by atoms with E-state index in [1.165, 1.54) is 29.2 Å². The fourth-order valence-corrected chi connectivity index (χ4v) is 5.22. The van der Waals surface area contributed by atoms with Crippen LogP contribution < -0.4 is 9.47 Å². The standard InChI is InChI=1S/C29H24ClFN2O4S/c30-24-7-2-4-9-26(24)37-16-5-14-32-19-20(23-6-1-3-8-25(23)32)18-27-28(34)33(29(35)38-27)15-17-36-22-12-10-21(31)11-13-22/h1-4,6-13,18-19H,5,14-17H2/b27-18-. The second-order valence-electron chi connectivity index (χ2n) is 8.56. The van der Waals surface area contributed by atoms with Crippen LogP contribution in [0.5, 0.6) is 11.5 Å². The highest BCUT2D eigenvalue weighted by atomic mass is 35.5. The lowest BCUT2D eigenvalue weighted by molar-refractivity contribution is -0.123. The number of benzene rings is 3. The first-order chi connectivity index (χ1) is 18.5. The number of halogens is 2. The molecule has 1 aliphatic heterocycles. The van der Waals surface area contributed by atoms with Crippen LogP contribution in [0.4, 0.5) is 9.18 Å². The molecule has 3 aromatic carbocycles. The van der Waals surface area contributed by atoms with E-state index in [1.807, 2.05) is 48.7 Å². The largest absolute Gasteiger partial charge is 0.492 e. The van der Waals surface area contributed by atoms with Crippen LogP contribution >= 0.6 is 23.4 Å². The predicted octanol–water partition coefficient (Wildman–Crippen LogP) is 7.02. The summed E-state index contributed by atoms with van der Waals surface area (Å²) in [4.78, 5) is 27.1. The summed E-state index contributed by atoms with van der Waals surface area (Å²) in [5, 5.41) is 1.23. The van der Waals surface area contributed by atoms with Crippen LogP contribution in [0.1, 0.15) is 12.0 Å². The van der Waals surface area contributed by atoms with Crippen LogP contribution in [0.3, 0.4) is 0 Å². The molecule has 38 heavy (non-hydrogen) atoms. The third kappa shape index (κ3) is 5.87. The number of para-hydroxylation sites is 2. The van der Waals surface area contributed by atoms with Gasteiger partial charge in [-0.3, -0.25) is 14.5 Å². The summed E-state index contributed by atoms with van der Waals surface area (Å²) >= 11 is 7.08. The highest BCUT2D eigenvalue weighted by Gasteiger charge is 2.35. The number of hydrogen-bond donors (Lipinski definition) is 0. The molecule has 4 aromatic rings. The van der Waals surface area contributed by atoms with E-state index < -0.39 is 0 Å². The van der Waals surface area contributed by atoms with Gasteiger partial charge < -0.3 is 14.0 Å². The Kier molecular flexibility index (Phi) is 8.00. The van der Waals surface area contributed by atoms with Gasteiger partial charge in [-0.1, -0.05) is 41.9 Å². The number of nitrogens with zero attached hydrogens (tertiary/aromatic N) is 2. The van der Waals surface area contributed by atoms with E-state index in [4.69, 9.17) is 21.1 Å². The average Bonchev–Trinajstić information content (AvgIpc) is 3.40. The third-order valence-electron chi connectivity index (χ3n) is 6.01. The van der Waals surface area contributed by atoms with Crippen LogP contribution in [0, 0.1) is 5.82 Å². The Hall–Kier alpha value is -3.75. The average molecular weight is 551 g/mol. The summed E-state index contributed by atoms with van der Waals surface area (Å²) in [6.07, 6.45) is 4.52. The van der Waals surface area contributed by atoms with Crippen LogP contribution in [0.15, 0.2) is 83.9 Å². The second kappa shape index (κ2) is 11.8. The Labute approximate surface area is 228 Å². The van der Waals surface area contributed by atoms with Crippen molar-refractivity contribution in [2.45, 2.75) is 13.0 Å². The zero-order valence-corrected chi connectivity index (χ0v) is 21.9. The van der Waals surface area contributed by atoms with Crippen molar-refractivity contribution in [2.24, 2.45) is 0 Å². The number of carbonyl (C=O) groups excluding carboxylic acids is 2. The lowest BCUT2D eigenvalue weighted by Crippen LogP contribution is -2.32. The Bertz CT molecular complexity index is 1500. The van der Waals surface area contributed by atoms with Crippen molar-refractivity contribution in [3.63, 3.8) is 0 Å². The van der Waals surface area contributed by atoms with E-state index in [0.29, 0.717) is 34.6 Å². The molecule has 2 amide bonds. The van der Waals surface area contributed by atoms with Crippen LogP contribution in [0.2, 0.25) is 5.02 Å². The van der Waals surface area contributed by atoms with Gasteiger partial charge in [-0.05, 0) is 66.7 Å². The molecule has 0 aliphatic carbocycles. The zero-order valence-electron chi connectivity index (χ0n) is 20.3. The maximum Gasteiger partial charge on any atom is 0.293 e. The summed E-state index contributed by atoms with van der Waals surface area (Å²) in [7, 11) is 0. The highest BCUT2D eigenvalue weighted by molar-refractivity contribution is 8.18. The van der Waals surface area contributed by atoms with Gasteiger partial charge in [0.25, 0.3) is 11.1 Å². The number of carbonyl (C=O) groups is 2. The molecule has 0 spiro atoms. The van der Waals surface area contributed by atoms with E-state index in [2.05, 4.69) is 4.57 Å². The molecule has 6 nitrogen and oxygen atoms in total. The zero-order chi connectivity index (χ0) is 26.5. The maximum atomic E-state index is 13.1. The van der Waals surface area contributed by atoms with E-state index in [0.717, 1.165) is 34.6 Å². The number of thioether (sulfide) groups is 1. The molecular formula is C29H24ClFN2O4S. The van der Waals surface area contributed by atoms with Crippen molar-refractivity contribution in [1.82, 2.24) is 9.47 Å². The topological polar surface area (TPSA) is 60.8 Å². The Morgan fingerprint density at radius 3 is 2.47 bits per heavy atom. The molecule has 1 aliphatic rings. The van der Waals surface area contributed by atoms with Gasteiger partial charge in [-0.15, -0.1) is 0 Å². The predicted molar refractivity (Wildman–Crippen MR) is 148 cm³/mol. The molecule has 1 saturated heterocycles. The summed E-state index contributed by atoms with van der Waals surface area (Å²) < 4.78 is 26.5. The van der Waals surface area contributed by atoms with Crippen molar-refractivity contribution >= 4 is 51.5 Å². The van der Waals surface area contributed by atoms with Crippen LogP contribution in [0.25, 0.3) is 17.0 Å². The molecule has 0 radical (unpaired) electrons. The number of ether oxygens (including phenoxy) is 2. The summed E-state index contributed by atoms with van der Waals surface area (Å²) in [5.74, 6) is 0.415. The normalized spacial score (nSPS) is 14.6. The molecule has 194 valence electrons. The molecule has 0 N–H and O–H groups in total. The Morgan fingerprint density at radius 2 is 1.66 bits per heavy atom. The molecule has 1 fully saturated rings. The van der Waals surface area contributed by atoms with Gasteiger partial charge in [0, 0.05) is 29.2 Å². The number of fused-ring (bicyclic) bond motifs is 1. The van der Waals surface area contributed by atoms with E-state index in [9.17, 15) is 14.0 Å². The molecule has 1 aromatic heterocycles. The molecule has 0 atom stereocenters. The number of amides is 2. The van der Waals surface area contributed by atoms with Crippen molar-refractivity contribution in [1.29, 1.82) is 0 Å². The first-order valence-corrected chi connectivity index (χ1v) is 13.3. The first-order valence-electron chi connectivity index (χ1n) is 12.1. The lowest BCUT2D eigenvalue weighted by atomic mass is 10.1. The van der Waals surface area contributed by atoms with Crippen molar-refractivity contribution < 1.29 is 23.5 Å². The van der Waals surface area contributed by atoms with Gasteiger partial charge in [-0.2, -0.15) is 0 Å². The first kappa shape index (κ1) is 25.9. The quantitative estimate of drug-likeness (QED) is 0.157. The fourth-order valence-electron chi connectivity index (χ4n) is 4.17. The number of aromatic nitrogens is 1. The number of rotatable bonds is 10. The van der Waals surface area contributed by atoms with Gasteiger partial charge in [0.2, 0.25) is 0 Å². The van der Waals surface area contributed by atoms with Gasteiger partial charge in [0.05, 0.1) is 23.1 Å². The minimum absolute atomic E-state index is 0.104. The molecule has 5 rings (SSSR count).